The second-order valence-electron chi connectivity index (χ2n) is 9.94. The number of phenols is 2. The van der Waals surface area contributed by atoms with Crippen LogP contribution in [0.3, 0.4) is 0 Å². The fourth-order valence-corrected chi connectivity index (χ4v) is 4.58. The molecule has 2 heterocycles. The average Bonchev–Trinajstić information content (AvgIpc) is 2.88. The maximum Gasteiger partial charge on any atom is 0.317 e. The van der Waals surface area contributed by atoms with Crippen LogP contribution in [-0.4, -0.2) is 143 Å². The summed E-state index contributed by atoms with van der Waals surface area (Å²) >= 11 is 0. The number of hydrogen-bond donors (Lipinski definition) is 6. The van der Waals surface area contributed by atoms with Crippen molar-refractivity contribution >= 4 is 17.7 Å². The zero-order chi connectivity index (χ0) is 30.1. The van der Waals surface area contributed by atoms with Crippen LogP contribution in [0.15, 0.2) is 18.5 Å². The Hall–Kier alpha value is -4.05. The molecule has 6 N–H and O–H groups in total. The predicted molar refractivity (Wildman–Crippen MR) is 144 cm³/mol. The molecule has 3 rings (SSSR count). The van der Waals surface area contributed by atoms with E-state index in [2.05, 4.69) is 9.97 Å². The molecule has 1 aliphatic rings. The van der Waals surface area contributed by atoms with Crippen LogP contribution < -0.4 is 0 Å². The third kappa shape index (κ3) is 9.53. The number of hydrogen-bond acceptors (Lipinski definition) is 13. The first-order valence-electron chi connectivity index (χ1n) is 13.0. The summed E-state index contributed by atoms with van der Waals surface area (Å²) in [4.78, 5) is 49.5. The van der Waals surface area contributed by atoms with E-state index in [1.165, 1.54) is 19.1 Å². The molecule has 1 aromatic heterocycles. The van der Waals surface area contributed by atoms with Gasteiger partial charge in [-0.2, -0.15) is 0 Å². The van der Waals surface area contributed by atoms with E-state index in [4.69, 9.17) is 0 Å². The highest BCUT2D eigenvalue weighted by molar-refractivity contribution is 5.95. The van der Waals surface area contributed by atoms with Crippen LogP contribution in [0.2, 0.25) is 0 Å². The monoisotopic (exact) mass is 576 g/mol. The van der Waals surface area contributed by atoms with Gasteiger partial charge in [-0.25, -0.2) is 9.97 Å². The Kier molecular flexibility index (Phi) is 11.2. The van der Waals surface area contributed by atoms with Crippen molar-refractivity contribution in [1.29, 1.82) is 0 Å². The summed E-state index contributed by atoms with van der Waals surface area (Å²) in [6.45, 7) is 3.49. The van der Waals surface area contributed by atoms with E-state index in [0.29, 0.717) is 52.4 Å². The minimum absolute atomic E-state index is 0.0568. The van der Waals surface area contributed by atoms with Crippen LogP contribution in [0.1, 0.15) is 28.4 Å². The molecule has 1 aromatic carbocycles. The van der Waals surface area contributed by atoms with Gasteiger partial charge in [0.25, 0.3) is 0 Å². The van der Waals surface area contributed by atoms with Crippen molar-refractivity contribution < 1.29 is 45.0 Å². The van der Waals surface area contributed by atoms with Crippen molar-refractivity contribution in [2.75, 3.05) is 65.4 Å². The maximum atomic E-state index is 11.7. The smallest absolute Gasteiger partial charge is 0.317 e. The number of benzene rings is 1. The molecular weight excluding hydrogens is 540 g/mol. The predicted octanol–water partition coefficient (Wildman–Crippen LogP) is -0.407. The third-order valence-corrected chi connectivity index (χ3v) is 6.92. The number of Topliss-reactive ketones (excluding diaryl/α,β-unsaturated/α-hetero) is 1. The van der Waals surface area contributed by atoms with Gasteiger partial charge in [0.2, 0.25) is 11.8 Å². The molecule has 1 fully saturated rings. The number of carbonyl (C=O) groups excluding carboxylic acids is 1. The SMILES string of the molecule is CC(=O)c1cc(O)c(CN2CCN(CC(=O)O)CCN(Cc3c(O)ncnc3O)CCN(CC(=O)O)CC2)c(O)c1. The first-order valence-corrected chi connectivity index (χ1v) is 13.0. The molecular formula is C26H36N6O9. The summed E-state index contributed by atoms with van der Waals surface area (Å²) in [5.41, 5.74) is 0.467. The summed E-state index contributed by atoms with van der Waals surface area (Å²) in [5, 5.41) is 60.3. The first kappa shape index (κ1) is 31.5. The van der Waals surface area contributed by atoms with Crippen LogP contribution >= 0.6 is 0 Å². The van der Waals surface area contributed by atoms with Gasteiger partial charge in [-0.15, -0.1) is 0 Å². The first-order chi connectivity index (χ1) is 19.4. The summed E-state index contributed by atoms with van der Waals surface area (Å²) in [7, 11) is 0. The lowest BCUT2D eigenvalue weighted by atomic mass is 10.1. The third-order valence-electron chi connectivity index (χ3n) is 6.92. The van der Waals surface area contributed by atoms with Crippen LogP contribution in [0, 0.1) is 0 Å². The molecule has 41 heavy (non-hydrogen) atoms. The quantitative estimate of drug-likeness (QED) is 0.210. The van der Waals surface area contributed by atoms with Crippen molar-refractivity contribution in [3.63, 3.8) is 0 Å². The number of phenolic OH excluding ortho intramolecular Hbond substituents is 2. The van der Waals surface area contributed by atoms with Crippen molar-refractivity contribution in [3.05, 3.63) is 35.2 Å². The standard InChI is InChI=1S/C26H36N6O9/c1-17(33)18-10-21(34)19(22(35)11-18)12-29-2-6-31(14-23(36)37)8-4-30(5-9-32(7-3-29)15-24(38)39)13-20-25(40)27-16-28-26(20)41/h10-11,16,34-35H,2-9,12-15H2,1H3,(H,36,37)(H,38,39)(H2,27,28,40,41). The summed E-state index contributed by atoms with van der Waals surface area (Å²) in [6.07, 6.45) is 1.02. The van der Waals surface area contributed by atoms with E-state index in [-0.39, 0.29) is 71.9 Å². The molecule has 0 unspecified atom stereocenters. The van der Waals surface area contributed by atoms with Gasteiger partial charge in [-0.05, 0) is 19.1 Å². The molecule has 0 aliphatic carbocycles. The average molecular weight is 577 g/mol. The molecule has 0 amide bonds. The normalized spacial score (nSPS) is 17.0. The highest BCUT2D eigenvalue weighted by Gasteiger charge is 2.23. The number of carboxylic acids is 2. The largest absolute Gasteiger partial charge is 0.507 e. The lowest BCUT2D eigenvalue weighted by molar-refractivity contribution is -0.139. The molecule has 0 spiro atoms. The van der Waals surface area contributed by atoms with E-state index < -0.39 is 11.9 Å². The Labute approximate surface area is 236 Å². The summed E-state index contributed by atoms with van der Waals surface area (Å²) in [5.74, 6) is -3.63. The fourth-order valence-electron chi connectivity index (χ4n) is 4.58. The van der Waals surface area contributed by atoms with Crippen LogP contribution in [0.25, 0.3) is 0 Å². The van der Waals surface area contributed by atoms with Crippen LogP contribution in [0.5, 0.6) is 23.3 Å². The van der Waals surface area contributed by atoms with Gasteiger partial charge in [0.05, 0.1) is 18.7 Å². The van der Waals surface area contributed by atoms with Gasteiger partial charge >= 0.3 is 11.9 Å². The minimum atomic E-state index is -1.02. The number of nitrogens with zero attached hydrogens (tertiary/aromatic N) is 6. The Morgan fingerprint density at radius 1 is 0.659 bits per heavy atom. The van der Waals surface area contributed by atoms with Gasteiger partial charge < -0.3 is 30.6 Å². The topological polar surface area (TPSA) is 211 Å². The van der Waals surface area contributed by atoms with E-state index in [1.54, 1.807) is 9.80 Å². The van der Waals surface area contributed by atoms with Crippen LogP contribution in [0.4, 0.5) is 0 Å². The number of aliphatic carboxylic acids is 2. The van der Waals surface area contributed by atoms with Crippen molar-refractivity contribution in [1.82, 2.24) is 29.6 Å². The van der Waals surface area contributed by atoms with Gasteiger partial charge in [-0.1, -0.05) is 0 Å². The molecule has 0 radical (unpaired) electrons. The van der Waals surface area contributed by atoms with E-state index in [0.717, 1.165) is 6.33 Å². The molecule has 224 valence electrons. The Morgan fingerprint density at radius 3 is 1.39 bits per heavy atom. The van der Waals surface area contributed by atoms with Gasteiger partial charge in [0.1, 0.15) is 17.8 Å². The van der Waals surface area contributed by atoms with E-state index in [1.807, 2.05) is 9.80 Å². The molecule has 15 nitrogen and oxygen atoms in total. The second-order valence-corrected chi connectivity index (χ2v) is 9.94. The number of rotatable bonds is 9. The zero-order valence-corrected chi connectivity index (χ0v) is 22.8. The van der Waals surface area contributed by atoms with E-state index >= 15 is 0 Å². The molecule has 0 bridgehead atoms. The number of aromatic nitrogens is 2. The molecule has 2 aromatic rings. The summed E-state index contributed by atoms with van der Waals surface area (Å²) in [6, 6.07) is 2.56. The number of carbonyl (C=O) groups is 3. The fraction of sp³-hybridized carbons (Fsp3) is 0.500. The minimum Gasteiger partial charge on any atom is -0.507 e. The second kappa shape index (κ2) is 14.5. The van der Waals surface area contributed by atoms with Crippen molar-refractivity contribution in [2.45, 2.75) is 20.0 Å². The maximum absolute atomic E-state index is 11.7. The zero-order valence-electron chi connectivity index (χ0n) is 22.8. The molecule has 0 atom stereocenters. The van der Waals surface area contributed by atoms with E-state index in [9.17, 15) is 45.0 Å². The number of carboxylic acid groups (broad SMARTS) is 2. The lowest BCUT2D eigenvalue weighted by Crippen LogP contribution is -2.47. The lowest BCUT2D eigenvalue weighted by Gasteiger charge is -2.33. The van der Waals surface area contributed by atoms with Gasteiger partial charge in [0.15, 0.2) is 5.78 Å². The molecule has 15 heteroatoms. The Bertz CT molecular complexity index is 1170. The number of aromatic hydroxyl groups is 4. The van der Waals surface area contributed by atoms with Crippen LogP contribution in [-0.2, 0) is 22.7 Å². The Balaban J connectivity index is 1.84. The highest BCUT2D eigenvalue weighted by Crippen LogP contribution is 2.30. The van der Waals surface area contributed by atoms with Gasteiger partial charge in [0, 0.05) is 76.6 Å². The number of ketones is 1. The Morgan fingerprint density at radius 2 is 1.02 bits per heavy atom. The van der Waals surface area contributed by atoms with Crippen molar-refractivity contribution in [2.24, 2.45) is 0 Å². The highest BCUT2D eigenvalue weighted by atomic mass is 16.4. The van der Waals surface area contributed by atoms with Crippen molar-refractivity contribution in [3.8, 4) is 23.3 Å². The molecule has 1 aliphatic heterocycles. The summed E-state index contributed by atoms with van der Waals surface area (Å²) < 4.78 is 0. The molecule has 1 saturated heterocycles. The van der Waals surface area contributed by atoms with Gasteiger partial charge in [-0.3, -0.25) is 34.0 Å². The molecule has 0 saturated carbocycles.